The molecule has 4 heteroatoms. The summed E-state index contributed by atoms with van der Waals surface area (Å²) in [4.78, 5) is 5.16. The van der Waals surface area contributed by atoms with E-state index in [0.717, 1.165) is 19.6 Å². The average Bonchev–Trinajstić information content (AvgIpc) is 2.80. The molecule has 2 heterocycles. The zero-order valence-corrected chi connectivity index (χ0v) is 14.0. The third-order valence-corrected chi connectivity index (χ3v) is 5.26. The highest BCUT2D eigenvalue weighted by atomic mass is 79.9. The first-order chi connectivity index (χ1) is 9.55. The monoisotopic (exact) mass is 337 g/mol. The lowest BCUT2D eigenvalue weighted by Crippen LogP contribution is -2.51. The Morgan fingerprint density at radius 2 is 1.85 bits per heavy atom. The molecule has 1 aromatic carbocycles. The minimum atomic E-state index is 0.310. The van der Waals surface area contributed by atoms with Crippen LogP contribution < -0.4 is 10.2 Å². The van der Waals surface area contributed by atoms with Crippen molar-refractivity contribution in [2.24, 2.45) is 0 Å². The summed E-state index contributed by atoms with van der Waals surface area (Å²) in [7, 11) is 0. The van der Waals surface area contributed by atoms with Gasteiger partial charge in [0.25, 0.3) is 0 Å². The van der Waals surface area contributed by atoms with Gasteiger partial charge in [0.05, 0.1) is 5.69 Å². The molecular formula is C16H24BrN3. The molecule has 0 spiro atoms. The van der Waals surface area contributed by atoms with Gasteiger partial charge < -0.3 is 10.2 Å². The molecule has 1 aromatic rings. The lowest BCUT2D eigenvalue weighted by Gasteiger charge is -2.39. The van der Waals surface area contributed by atoms with Crippen LogP contribution in [0, 0.1) is 0 Å². The predicted molar refractivity (Wildman–Crippen MR) is 88.4 cm³/mol. The highest BCUT2D eigenvalue weighted by Gasteiger charge is 2.35. The smallest absolute Gasteiger partial charge is 0.0511 e. The summed E-state index contributed by atoms with van der Waals surface area (Å²) < 4.78 is 1.21. The van der Waals surface area contributed by atoms with E-state index in [9.17, 15) is 0 Å². The Bertz CT molecular complexity index is 467. The Balaban J connectivity index is 1.59. The van der Waals surface area contributed by atoms with Crippen molar-refractivity contribution in [2.45, 2.75) is 31.8 Å². The SMILES string of the molecule is CC1(C)CC(N2CCN(c3ccccc3Br)CC2)CN1. The van der Waals surface area contributed by atoms with Crippen molar-refractivity contribution in [2.75, 3.05) is 37.6 Å². The molecule has 3 nitrogen and oxygen atoms in total. The van der Waals surface area contributed by atoms with Crippen molar-refractivity contribution in [1.29, 1.82) is 0 Å². The maximum atomic E-state index is 3.66. The minimum absolute atomic E-state index is 0.310. The molecule has 2 aliphatic heterocycles. The fraction of sp³-hybridized carbons (Fsp3) is 0.625. The lowest BCUT2D eigenvalue weighted by atomic mass is 10.0. The van der Waals surface area contributed by atoms with Crippen molar-refractivity contribution in [3.8, 4) is 0 Å². The molecular weight excluding hydrogens is 314 g/mol. The normalized spacial score (nSPS) is 26.9. The van der Waals surface area contributed by atoms with Gasteiger partial charge in [0, 0.05) is 48.8 Å². The van der Waals surface area contributed by atoms with Crippen LogP contribution >= 0.6 is 15.9 Å². The van der Waals surface area contributed by atoms with Crippen LogP contribution in [-0.2, 0) is 0 Å². The fourth-order valence-corrected chi connectivity index (χ4v) is 3.96. The second kappa shape index (κ2) is 5.66. The van der Waals surface area contributed by atoms with Gasteiger partial charge >= 0.3 is 0 Å². The number of nitrogens with zero attached hydrogens (tertiary/aromatic N) is 2. The second-order valence-corrected chi connectivity index (χ2v) is 7.45. The summed E-state index contributed by atoms with van der Waals surface area (Å²) in [6.07, 6.45) is 1.27. The first kappa shape index (κ1) is 14.4. The lowest BCUT2D eigenvalue weighted by molar-refractivity contribution is 0.191. The Morgan fingerprint density at radius 3 is 2.45 bits per heavy atom. The van der Waals surface area contributed by atoms with Crippen molar-refractivity contribution < 1.29 is 0 Å². The van der Waals surface area contributed by atoms with E-state index in [1.165, 1.54) is 29.7 Å². The molecule has 0 amide bonds. The minimum Gasteiger partial charge on any atom is -0.368 e. The molecule has 0 aromatic heterocycles. The number of anilines is 1. The van der Waals surface area contributed by atoms with Crippen LogP contribution in [0.5, 0.6) is 0 Å². The largest absolute Gasteiger partial charge is 0.368 e. The third-order valence-electron chi connectivity index (χ3n) is 4.59. The van der Waals surface area contributed by atoms with E-state index in [4.69, 9.17) is 0 Å². The quantitative estimate of drug-likeness (QED) is 0.895. The molecule has 0 radical (unpaired) electrons. The van der Waals surface area contributed by atoms with Crippen LogP contribution in [0.2, 0.25) is 0 Å². The molecule has 0 saturated carbocycles. The maximum absolute atomic E-state index is 3.66. The number of benzene rings is 1. The van der Waals surface area contributed by atoms with Crippen molar-refractivity contribution >= 4 is 21.6 Å². The van der Waals surface area contributed by atoms with E-state index in [-0.39, 0.29) is 0 Å². The van der Waals surface area contributed by atoms with Gasteiger partial charge in [-0.25, -0.2) is 0 Å². The Hall–Kier alpha value is -0.580. The van der Waals surface area contributed by atoms with Crippen LogP contribution in [0.4, 0.5) is 5.69 Å². The van der Waals surface area contributed by atoms with Crippen LogP contribution in [0.1, 0.15) is 20.3 Å². The van der Waals surface area contributed by atoms with Crippen molar-refractivity contribution in [3.63, 3.8) is 0 Å². The molecule has 20 heavy (non-hydrogen) atoms. The van der Waals surface area contributed by atoms with Crippen molar-refractivity contribution in [1.82, 2.24) is 10.2 Å². The Kier molecular flexibility index (Phi) is 4.07. The average molecular weight is 338 g/mol. The zero-order valence-electron chi connectivity index (χ0n) is 12.4. The molecule has 1 atom stereocenters. The molecule has 3 rings (SSSR count). The van der Waals surface area contributed by atoms with Crippen molar-refractivity contribution in [3.05, 3.63) is 28.7 Å². The highest BCUT2D eigenvalue weighted by molar-refractivity contribution is 9.10. The predicted octanol–water partition coefficient (Wildman–Crippen LogP) is 2.71. The maximum Gasteiger partial charge on any atom is 0.0511 e. The van der Waals surface area contributed by atoms with Gasteiger partial charge in [-0.15, -0.1) is 0 Å². The van der Waals surface area contributed by atoms with Crippen LogP contribution in [0.3, 0.4) is 0 Å². The second-order valence-electron chi connectivity index (χ2n) is 6.60. The highest BCUT2D eigenvalue weighted by Crippen LogP contribution is 2.28. The number of hydrogen-bond acceptors (Lipinski definition) is 3. The van der Waals surface area contributed by atoms with Gasteiger partial charge in [0.15, 0.2) is 0 Å². The molecule has 110 valence electrons. The van der Waals surface area contributed by atoms with E-state index in [2.05, 4.69) is 69.2 Å². The van der Waals surface area contributed by atoms with E-state index >= 15 is 0 Å². The van der Waals surface area contributed by atoms with Crippen LogP contribution in [0.25, 0.3) is 0 Å². The van der Waals surface area contributed by atoms with Gasteiger partial charge in [-0.05, 0) is 48.3 Å². The fourth-order valence-electron chi connectivity index (χ4n) is 3.42. The van der Waals surface area contributed by atoms with Gasteiger partial charge in [-0.3, -0.25) is 4.90 Å². The Morgan fingerprint density at radius 1 is 1.15 bits per heavy atom. The first-order valence-electron chi connectivity index (χ1n) is 7.54. The van der Waals surface area contributed by atoms with Gasteiger partial charge in [-0.1, -0.05) is 12.1 Å². The summed E-state index contributed by atoms with van der Waals surface area (Å²) in [5.41, 5.74) is 1.64. The van der Waals surface area contributed by atoms with Gasteiger partial charge in [0.2, 0.25) is 0 Å². The summed E-state index contributed by atoms with van der Waals surface area (Å²) in [5, 5.41) is 3.63. The number of halogens is 1. The van der Waals surface area contributed by atoms with Gasteiger partial charge in [0.1, 0.15) is 0 Å². The number of rotatable bonds is 2. The zero-order chi connectivity index (χ0) is 14.2. The summed E-state index contributed by atoms with van der Waals surface area (Å²) in [5.74, 6) is 0. The van der Waals surface area contributed by atoms with E-state index in [1.807, 2.05) is 0 Å². The van der Waals surface area contributed by atoms with E-state index in [1.54, 1.807) is 0 Å². The first-order valence-corrected chi connectivity index (χ1v) is 8.33. The molecule has 0 bridgehead atoms. The topological polar surface area (TPSA) is 18.5 Å². The molecule has 1 N–H and O–H groups in total. The molecule has 1 unspecified atom stereocenters. The number of para-hydroxylation sites is 1. The summed E-state index contributed by atoms with van der Waals surface area (Å²) in [6.45, 7) is 10.4. The molecule has 2 fully saturated rings. The molecule has 2 aliphatic rings. The summed E-state index contributed by atoms with van der Waals surface area (Å²) >= 11 is 3.66. The molecule has 2 saturated heterocycles. The number of hydrogen-bond donors (Lipinski definition) is 1. The van der Waals surface area contributed by atoms with Crippen LogP contribution in [0.15, 0.2) is 28.7 Å². The van der Waals surface area contributed by atoms with Crippen LogP contribution in [-0.4, -0.2) is 49.2 Å². The Labute approximate surface area is 130 Å². The van der Waals surface area contributed by atoms with E-state index < -0.39 is 0 Å². The molecule has 0 aliphatic carbocycles. The number of piperazine rings is 1. The standard InChI is InChI=1S/C16H24BrN3/c1-16(2)11-13(12-18-16)19-7-9-20(10-8-19)15-6-4-3-5-14(15)17/h3-6,13,18H,7-12H2,1-2H3. The number of nitrogens with one attached hydrogen (secondary N) is 1. The third kappa shape index (κ3) is 3.02. The van der Waals surface area contributed by atoms with E-state index in [0.29, 0.717) is 11.6 Å². The van der Waals surface area contributed by atoms with Gasteiger partial charge in [-0.2, -0.15) is 0 Å². The summed E-state index contributed by atoms with van der Waals surface area (Å²) in [6, 6.07) is 9.25.